The number of hydrogen-bond acceptors (Lipinski definition) is 1. The van der Waals surface area contributed by atoms with Gasteiger partial charge in [-0.1, -0.05) is 24.3 Å². The van der Waals surface area contributed by atoms with Crippen molar-refractivity contribution >= 4 is 12.4 Å². The molecule has 13 heavy (non-hydrogen) atoms. The van der Waals surface area contributed by atoms with E-state index in [0.717, 1.165) is 18.5 Å². The fraction of sp³-hybridized carbons (Fsp3) is 0.455. The Bertz CT molecular complexity index is 302. The average Bonchev–Trinajstić information content (AvgIpc) is 2.30. The molecular weight excluding hydrogens is 182 g/mol. The summed E-state index contributed by atoms with van der Waals surface area (Å²) < 4.78 is 0. The highest BCUT2D eigenvalue weighted by Gasteiger charge is 2.33. The van der Waals surface area contributed by atoms with Gasteiger partial charge in [0.15, 0.2) is 0 Å². The molecule has 1 aromatic rings. The van der Waals surface area contributed by atoms with Crippen LogP contribution in [0.3, 0.4) is 0 Å². The molecule has 3 aliphatic rings. The van der Waals surface area contributed by atoms with Gasteiger partial charge in [-0.25, -0.2) is 0 Å². The van der Waals surface area contributed by atoms with Gasteiger partial charge in [0.1, 0.15) is 0 Å². The molecule has 0 radical (unpaired) electrons. The minimum Gasteiger partial charge on any atom is -0.310 e. The van der Waals surface area contributed by atoms with Crippen molar-refractivity contribution in [2.75, 3.05) is 0 Å². The average molecular weight is 196 g/mol. The standard InChI is InChI=1S/C11H13N.ClH/c1-2-4-11-8(3-1)7-12-10-5-9(11)6-10;/h1-4,9-10,12H,5-7H2;1H. The lowest BCUT2D eigenvalue weighted by Gasteiger charge is -2.33. The first-order chi connectivity index (χ1) is 5.93. The van der Waals surface area contributed by atoms with Crippen LogP contribution in [0.2, 0.25) is 0 Å². The minimum atomic E-state index is 0. The molecule has 1 saturated carbocycles. The van der Waals surface area contributed by atoms with Gasteiger partial charge >= 0.3 is 0 Å². The largest absolute Gasteiger partial charge is 0.310 e. The van der Waals surface area contributed by atoms with Crippen LogP contribution < -0.4 is 5.32 Å². The second kappa shape index (κ2) is 3.32. The van der Waals surface area contributed by atoms with Crippen LogP contribution in [0.4, 0.5) is 0 Å². The molecule has 4 rings (SSSR count). The molecule has 70 valence electrons. The van der Waals surface area contributed by atoms with Crippen molar-refractivity contribution in [3.8, 4) is 0 Å². The first-order valence-electron chi connectivity index (χ1n) is 4.74. The van der Waals surface area contributed by atoms with Gasteiger partial charge in [-0.05, 0) is 29.9 Å². The number of benzene rings is 1. The SMILES string of the molecule is Cl.c1ccc2c(c1)CNC1CC2C1. The number of rotatable bonds is 0. The summed E-state index contributed by atoms with van der Waals surface area (Å²) in [5.41, 5.74) is 3.11. The molecule has 0 saturated heterocycles. The van der Waals surface area contributed by atoms with Crippen LogP contribution in [0, 0.1) is 0 Å². The predicted molar refractivity (Wildman–Crippen MR) is 56.3 cm³/mol. The lowest BCUT2D eigenvalue weighted by molar-refractivity contribution is 0.306. The molecule has 0 atom stereocenters. The van der Waals surface area contributed by atoms with E-state index in [-0.39, 0.29) is 12.4 Å². The van der Waals surface area contributed by atoms with Gasteiger partial charge in [-0.3, -0.25) is 0 Å². The van der Waals surface area contributed by atoms with Crippen LogP contribution in [0.25, 0.3) is 0 Å². The van der Waals surface area contributed by atoms with Gasteiger partial charge in [0, 0.05) is 12.6 Å². The first kappa shape index (κ1) is 9.04. The molecule has 1 nitrogen and oxygen atoms in total. The van der Waals surface area contributed by atoms with E-state index in [9.17, 15) is 0 Å². The van der Waals surface area contributed by atoms with E-state index >= 15 is 0 Å². The van der Waals surface area contributed by atoms with Gasteiger partial charge in [0.2, 0.25) is 0 Å². The lowest BCUT2D eigenvalue weighted by Crippen LogP contribution is -2.36. The Labute approximate surface area is 84.9 Å². The summed E-state index contributed by atoms with van der Waals surface area (Å²) in [5, 5.41) is 3.57. The van der Waals surface area contributed by atoms with Crippen molar-refractivity contribution in [3.63, 3.8) is 0 Å². The number of fused-ring (bicyclic) bond motifs is 1. The Balaban J connectivity index is 0.000000653. The monoisotopic (exact) mass is 195 g/mol. The Morgan fingerprint density at radius 1 is 1.15 bits per heavy atom. The molecule has 0 unspecified atom stereocenters. The van der Waals surface area contributed by atoms with E-state index in [1.54, 1.807) is 5.56 Å². The van der Waals surface area contributed by atoms with Crippen molar-refractivity contribution in [3.05, 3.63) is 35.4 Å². The number of nitrogens with one attached hydrogen (secondary N) is 1. The highest BCUT2D eigenvalue weighted by molar-refractivity contribution is 5.85. The van der Waals surface area contributed by atoms with Gasteiger partial charge in [0.25, 0.3) is 0 Å². The second-order valence-electron chi connectivity index (χ2n) is 3.94. The molecule has 2 heteroatoms. The Hall–Kier alpha value is -0.530. The summed E-state index contributed by atoms with van der Waals surface area (Å²) in [7, 11) is 0. The number of hydrogen-bond donors (Lipinski definition) is 1. The molecule has 1 aromatic carbocycles. The van der Waals surface area contributed by atoms with Crippen LogP contribution >= 0.6 is 12.4 Å². The number of halogens is 1. The van der Waals surface area contributed by atoms with E-state index in [0.29, 0.717) is 0 Å². The normalized spacial score (nSPS) is 29.2. The molecular formula is C11H14ClN. The summed E-state index contributed by atoms with van der Waals surface area (Å²) >= 11 is 0. The maximum atomic E-state index is 3.57. The van der Waals surface area contributed by atoms with Crippen molar-refractivity contribution in [1.82, 2.24) is 5.32 Å². The molecule has 2 heterocycles. The zero-order valence-corrected chi connectivity index (χ0v) is 8.31. The molecule has 1 fully saturated rings. The van der Waals surface area contributed by atoms with Crippen LogP contribution in [-0.2, 0) is 6.54 Å². The molecule has 2 bridgehead atoms. The highest BCUT2D eigenvalue weighted by Crippen LogP contribution is 2.40. The minimum absolute atomic E-state index is 0. The maximum Gasteiger partial charge on any atom is 0.0210 e. The van der Waals surface area contributed by atoms with Crippen molar-refractivity contribution < 1.29 is 0 Å². The zero-order chi connectivity index (χ0) is 7.97. The van der Waals surface area contributed by atoms with Crippen LogP contribution in [0.5, 0.6) is 0 Å². The Kier molecular flexibility index (Phi) is 2.31. The van der Waals surface area contributed by atoms with E-state index < -0.39 is 0 Å². The van der Waals surface area contributed by atoms with E-state index in [1.807, 2.05) is 0 Å². The summed E-state index contributed by atoms with van der Waals surface area (Å²) in [4.78, 5) is 0. The second-order valence-corrected chi connectivity index (χ2v) is 3.94. The van der Waals surface area contributed by atoms with E-state index in [4.69, 9.17) is 0 Å². The van der Waals surface area contributed by atoms with E-state index in [1.165, 1.54) is 18.4 Å². The fourth-order valence-electron chi connectivity index (χ4n) is 2.39. The van der Waals surface area contributed by atoms with Crippen LogP contribution in [0.1, 0.15) is 29.9 Å². The third-order valence-electron chi connectivity index (χ3n) is 3.21. The summed E-state index contributed by atoms with van der Waals surface area (Å²) in [6.07, 6.45) is 2.72. The van der Waals surface area contributed by atoms with Gasteiger partial charge < -0.3 is 5.32 Å². The molecule has 2 aliphatic heterocycles. The first-order valence-corrected chi connectivity index (χ1v) is 4.74. The van der Waals surface area contributed by atoms with Crippen molar-refractivity contribution in [1.29, 1.82) is 0 Å². The predicted octanol–water partition coefficient (Wildman–Crippen LogP) is 2.46. The summed E-state index contributed by atoms with van der Waals surface area (Å²) in [6.45, 7) is 1.08. The van der Waals surface area contributed by atoms with Gasteiger partial charge in [-0.15, -0.1) is 12.4 Å². The molecule has 0 amide bonds. The quantitative estimate of drug-likeness (QED) is 0.671. The third-order valence-corrected chi connectivity index (χ3v) is 3.21. The van der Waals surface area contributed by atoms with Gasteiger partial charge in [0.05, 0.1) is 0 Å². The smallest absolute Gasteiger partial charge is 0.0210 e. The molecule has 0 spiro atoms. The molecule has 1 N–H and O–H groups in total. The van der Waals surface area contributed by atoms with Crippen LogP contribution in [0.15, 0.2) is 24.3 Å². The summed E-state index contributed by atoms with van der Waals surface area (Å²) in [6, 6.07) is 9.66. The summed E-state index contributed by atoms with van der Waals surface area (Å²) in [5.74, 6) is 0.862. The maximum absolute atomic E-state index is 3.57. The van der Waals surface area contributed by atoms with E-state index in [2.05, 4.69) is 29.6 Å². The molecule has 0 aromatic heterocycles. The zero-order valence-electron chi connectivity index (χ0n) is 7.49. The van der Waals surface area contributed by atoms with Crippen molar-refractivity contribution in [2.45, 2.75) is 31.3 Å². The van der Waals surface area contributed by atoms with Crippen LogP contribution in [-0.4, -0.2) is 6.04 Å². The highest BCUT2D eigenvalue weighted by atomic mass is 35.5. The molecule has 1 aliphatic carbocycles. The third kappa shape index (κ3) is 1.36. The van der Waals surface area contributed by atoms with Crippen molar-refractivity contribution in [2.24, 2.45) is 0 Å². The fourth-order valence-corrected chi connectivity index (χ4v) is 2.39. The Morgan fingerprint density at radius 3 is 2.77 bits per heavy atom. The topological polar surface area (TPSA) is 12.0 Å². The Morgan fingerprint density at radius 2 is 1.92 bits per heavy atom. The van der Waals surface area contributed by atoms with Gasteiger partial charge in [-0.2, -0.15) is 0 Å². The lowest BCUT2D eigenvalue weighted by atomic mass is 9.76.